The van der Waals surface area contributed by atoms with Gasteiger partial charge in [0.15, 0.2) is 0 Å². The third-order valence-corrected chi connectivity index (χ3v) is 8.04. The summed E-state index contributed by atoms with van der Waals surface area (Å²) in [7, 11) is 0. The summed E-state index contributed by atoms with van der Waals surface area (Å²) in [6.07, 6.45) is 0. The molecule has 0 aliphatic heterocycles. The van der Waals surface area contributed by atoms with E-state index in [2.05, 4.69) is 146 Å². The standard InChI is InChI=1S/C38H24/c1-2-11-27-24-38-28(23-26(27)10-1)19-20-35-33(17-8-18-34(35)38)37-22-21-36(31-14-5-6-15-32(31)37)30-16-7-12-25-9-3-4-13-29(25)30/h1-24H. The molecule has 0 nitrogen and oxygen atoms in total. The Morgan fingerprint density at radius 3 is 1.42 bits per heavy atom. The summed E-state index contributed by atoms with van der Waals surface area (Å²) >= 11 is 0. The Balaban J connectivity index is 1.40. The first-order chi connectivity index (χ1) is 18.8. The zero-order chi connectivity index (χ0) is 25.1. The van der Waals surface area contributed by atoms with Crippen LogP contribution in [0.5, 0.6) is 0 Å². The van der Waals surface area contributed by atoms with E-state index in [-0.39, 0.29) is 0 Å². The molecule has 0 saturated heterocycles. The maximum Gasteiger partial charge on any atom is -0.00987 e. The Bertz CT molecular complexity index is 2180. The van der Waals surface area contributed by atoms with Crippen LogP contribution in [0.1, 0.15) is 0 Å². The van der Waals surface area contributed by atoms with Crippen LogP contribution >= 0.6 is 0 Å². The first kappa shape index (κ1) is 21.2. The molecule has 0 saturated carbocycles. The van der Waals surface area contributed by atoms with Crippen molar-refractivity contribution in [2.75, 3.05) is 0 Å². The van der Waals surface area contributed by atoms with Gasteiger partial charge in [-0.2, -0.15) is 0 Å². The smallest absolute Gasteiger partial charge is 0.00987 e. The number of benzene rings is 8. The first-order valence-electron chi connectivity index (χ1n) is 13.2. The fourth-order valence-electron chi connectivity index (χ4n) is 6.25. The van der Waals surface area contributed by atoms with Gasteiger partial charge >= 0.3 is 0 Å². The van der Waals surface area contributed by atoms with Crippen molar-refractivity contribution in [3.05, 3.63) is 146 Å². The molecule has 0 fully saturated rings. The van der Waals surface area contributed by atoms with Crippen molar-refractivity contribution >= 4 is 53.9 Å². The molecule has 8 rings (SSSR count). The maximum atomic E-state index is 2.35. The molecule has 0 atom stereocenters. The Labute approximate surface area is 221 Å². The Hall–Kier alpha value is -4.94. The van der Waals surface area contributed by atoms with Gasteiger partial charge in [-0.05, 0) is 88.2 Å². The summed E-state index contributed by atoms with van der Waals surface area (Å²) in [5, 5.41) is 12.9. The van der Waals surface area contributed by atoms with Crippen LogP contribution in [0.3, 0.4) is 0 Å². The summed E-state index contributed by atoms with van der Waals surface area (Å²) in [4.78, 5) is 0. The average Bonchev–Trinajstić information content (AvgIpc) is 2.99. The van der Waals surface area contributed by atoms with Gasteiger partial charge in [-0.3, -0.25) is 0 Å². The molecule has 0 unspecified atom stereocenters. The van der Waals surface area contributed by atoms with Crippen molar-refractivity contribution in [3.63, 3.8) is 0 Å². The van der Waals surface area contributed by atoms with Crippen LogP contribution in [0, 0.1) is 0 Å². The van der Waals surface area contributed by atoms with Crippen molar-refractivity contribution in [2.45, 2.75) is 0 Å². The molecule has 8 aromatic rings. The van der Waals surface area contributed by atoms with Gasteiger partial charge in [0.1, 0.15) is 0 Å². The Kier molecular flexibility index (Phi) is 4.62. The maximum absolute atomic E-state index is 2.35. The van der Waals surface area contributed by atoms with Crippen LogP contribution in [0.25, 0.3) is 76.1 Å². The number of rotatable bonds is 2. The van der Waals surface area contributed by atoms with Gasteiger partial charge in [0, 0.05) is 0 Å². The number of hydrogen-bond donors (Lipinski definition) is 0. The highest BCUT2D eigenvalue weighted by molar-refractivity contribution is 6.18. The lowest BCUT2D eigenvalue weighted by Crippen LogP contribution is -1.89. The van der Waals surface area contributed by atoms with E-state index in [1.807, 2.05) is 0 Å². The van der Waals surface area contributed by atoms with E-state index in [1.165, 1.54) is 76.1 Å². The third kappa shape index (κ3) is 3.17. The second-order valence-corrected chi connectivity index (χ2v) is 10.1. The SMILES string of the molecule is c1ccc2cc3c(ccc4c(-c5ccc(-c6cccc7ccccc67)c6ccccc56)cccc43)cc2c1. The molecular weight excluding hydrogens is 456 g/mol. The van der Waals surface area contributed by atoms with E-state index in [4.69, 9.17) is 0 Å². The van der Waals surface area contributed by atoms with Crippen LogP contribution < -0.4 is 0 Å². The fourth-order valence-corrected chi connectivity index (χ4v) is 6.25. The topological polar surface area (TPSA) is 0 Å². The molecule has 0 aliphatic rings. The van der Waals surface area contributed by atoms with Crippen LogP contribution in [-0.2, 0) is 0 Å². The van der Waals surface area contributed by atoms with E-state index in [0.29, 0.717) is 0 Å². The van der Waals surface area contributed by atoms with Crippen molar-refractivity contribution < 1.29 is 0 Å². The van der Waals surface area contributed by atoms with Gasteiger partial charge in [0.2, 0.25) is 0 Å². The molecule has 0 amide bonds. The van der Waals surface area contributed by atoms with E-state index >= 15 is 0 Å². The second kappa shape index (κ2) is 8.30. The van der Waals surface area contributed by atoms with Gasteiger partial charge in [-0.15, -0.1) is 0 Å². The van der Waals surface area contributed by atoms with E-state index < -0.39 is 0 Å². The van der Waals surface area contributed by atoms with Crippen molar-refractivity contribution in [1.29, 1.82) is 0 Å². The van der Waals surface area contributed by atoms with Gasteiger partial charge < -0.3 is 0 Å². The van der Waals surface area contributed by atoms with Gasteiger partial charge in [-0.25, -0.2) is 0 Å². The predicted molar refractivity (Wildman–Crippen MR) is 165 cm³/mol. The van der Waals surface area contributed by atoms with Crippen molar-refractivity contribution in [3.8, 4) is 22.3 Å². The van der Waals surface area contributed by atoms with Crippen molar-refractivity contribution in [1.82, 2.24) is 0 Å². The van der Waals surface area contributed by atoms with Crippen LogP contribution in [0.15, 0.2) is 146 Å². The second-order valence-electron chi connectivity index (χ2n) is 10.1. The molecule has 0 aliphatic carbocycles. The lowest BCUT2D eigenvalue weighted by Gasteiger charge is -2.16. The zero-order valence-corrected chi connectivity index (χ0v) is 20.9. The minimum atomic E-state index is 1.27. The largest absolute Gasteiger partial charge is 0.0616 e. The van der Waals surface area contributed by atoms with E-state index in [1.54, 1.807) is 0 Å². The summed E-state index contributed by atoms with van der Waals surface area (Å²) in [6.45, 7) is 0. The summed E-state index contributed by atoms with van der Waals surface area (Å²) < 4.78 is 0. The highest BCUT2D eigenvalue weighted by atomic mass is 14.2. The minimum Gasteiger partial charge on any atom is -0.0616 e. The normalized spacial score (nSPS) is 11.7. The molecule has 0 radical (unpaired) electrons. The monoisotopic (exact) mass is 480 g/mol. The molecule has 0 heteroatoms. The Morgan fingerprint density at radius 2 is 0.684 bits per heavy atom. The van der Waals surface area contributed by atoms with E-state index in [9.17, 15) is 0 Å². The van der Waals surface area contributed by atoms with Crippen LogP contribution in [0.4, 0.5) is 0 Å². The fraction of sp³-hybridized carbons (Fsp3) is 0. The molecule has 0 heterocycles. The van der Waals surface area contributed by atoms with Crippen LogP contribution in [0.2, 0.25) is 0 Å². The van der Waals surface area contributed by atoms with Crippen LogP contribution in [-0.4, -0.2) is 0 Å². The number of fused-ring (bicyclic) bond motifs is 6. The average molecular weight is 481 g/mol. The van der Waals surface area contributed by atoms with Gasteiger partial charge in [-0.1, -0.05) is 133 Å². The first-order valence-corrected chi connectivity index (χ1v) is 13.2. The minimum absolute atomic E-state index is 1.27. The molecule has 0 spiro atoms. The lowest BCUT2D eigenvalue weighted by molar-refractivity contribution is 1.66. The molecule has 0 bridgehead atoms. The summed E-state index contributed by atoms with van der Waals surface area (Å²) in [5.74, 6) is 0. The molecule has 38 heavy (non-hydrogen) atoms. The molecule has 176 valence electrons. The molecule has 0 N–H and O–H groups in total. The molecule has 8 aromatic carbocycles. The predicted octanol–water partition coefficient (Wildman–Crippen LogP) is 10.8. The highest BCUT2D eigenvalue weighted by Crippen LogP contribution is 2.41. The summed E-state index contributed by atoms with van der Waals surface area (Å²) in [6, 6.07) is 53.4. The Morgan fingerprint density at radius 1 is 0.211 bits per heavy atom. The molecule has 0 aromatic heterocycles. The third-order valence-electron chi connectivity index (χ3n) is 8.04. The van der Waals surface area contributed by atoms with Crippen molar-refractivity contribution in [2.24, 2.45) is 0 Å². The highest BCUT2D eigenvalue weighted by Gasteiger charge is 2.14. The lowest BCUT2D eigenvalue weighted by atomic mass is 9.88. The van der Waals surface area contributed by atoms with Gasteiger partial charge in [0.05, 0.1) is 0 Å². The zero-order valence-electron chi connectivity index (χ0n) is 20.9. The number of hydrogen-bond acceptors (Lipinski definition) is 0. The molecular formula is C38H24. The van der Waals surface area contributed by atoms with Gasteiger partial charge in [0.25, 0.3) is 0 Å². The summed E-state index contributed by atoms with van der Waals surface area (Å²) in [5.41, 5.74) is 5.11. The van der Waals surface area contributed by atoms with E-state index in [0.717, 1.165) is 0 Å². The quantitative estimate of drug-likeness (QED) is 0.170.